The molecule has 5 rings (SSSR count). The fourth-order valence-corrected chi connectivity index (χ4v) is 4.02. The average Bonchev–Trinajstić information content (AvgIpc) is 3.38. The van der Waals surface area contributed by atoms with Crippen LogP contribution >= 0.6 is 0 Å². The summed E-state index contributed by atoms with van der Waals surface area (Å²) in [4.78, 5) is 14.4. The Labute approximate surface area is 169 Å². The number of nitrogens with zero attached hydrogens (tertiary/aromatic N) is 3. The van der Waals surface area contributed by atoms with Gasteiger partial charge in [-0.3, -0.25) is 9.98 Å². The van der Waals surface area contributed by atoms with Crippen molar-refractivity contribution in [2.75, 3.05) is 18.0 Å². The molecule has 0 spiro atoms. The summed E-state index contributed by atoms with van der Waals surface area (Å²) in [7, 11) is 0. The lowest BCUT2D eigenvalue weighted by Gasteiger charge is -2.18. The van der Waals surface area contributed by atoms with Gasteiger partial charge in [0.05, 0.1) is 11.3 Å². The number of nitrogens with one attached hydrogen (secondary N) is 1. The molecule has 1 saturated heterocycles. The molecular formula is C24H22N4O. The summed E-state index contributed by atoms with van der Waals surface area (Å²) in [6.07, 6.45) is 4.71. The van der Waals surface area contributed by atoms with Gasteiger partial charge in [0.2, 0.25) is 0 Å². The van der Waals surface area contributed by atoms with Crippen LogP contribution in [-0.4, -0.2) is 34.4 Å². The van der Waals surface area contributed by atoms with Gasteiger partial charge in [0.25, 0.3) is 0 Å². The minimum atomic E-state index is 0.143. The molecule has 4 aromatic rings. The van der Waals surface area contributed by atoms with E-state index in [0.717, 1.165) is 36.1 Å². The lowest BCUT2D eigenvalue weighted by atomic mass is 10.0. The number of benzene rings is 2. The van der Waals surface area contributed by atoms with E-state index in [1.807, 2.05) is 48.7 Å². The minimum Gasteiger partial charge on any atom is -0.494 e. The van der Waals surface area contributed by atoms with Crippen molar-refractivity contribution in [2.24, 2.45) is 4.99 Å². The number of para-hydroxylation sites is 1. The predicted molar refractivity (Wildman–Crippen MR) is 117 cm³/mol. The van der Waals surface area contributed by atoms with Crippen molar-refractivity contribution in [2.45, 2.75) is 12.3 Å². The van der Waals surface area contributed by atoms with Gasteiger partial charge in [-0.05, 0) is 48.9 Å². The first-order valence-corrected chi connectivity index (χ1v) is 9.87. The van der Waals surface area contributed by atoms with Crippen LogP contribution in [0.1, 0.15) is 23.6 Å². The lowest BCUT2D eigenvalue weighted by molar-refractivity contribution is 0.457. The van der Waals surface area contributed by atoms with Crippen LogP contribution in [0.5, 0.6) is 5.88 Å². The van der Waals surface area contributed by atoms with Gasteiger partial charge in [-0.2, -0.15) is 0 Å². The first-order valence-electron chi connectivity index (χ1n) is 9.87. The molecule has 0 radical (unpaired) electrons. The summed E-state index contributed by atoms with van der Waals surface area (Å²) >= 11 is 0. The Morgan fingerprint density at radius 2 is 1.86 bits per heavy atom. The smallest absolute Gasteiger partial charge is 0.198 e. The molecule has 0 aliphatic carbocycles. The number of aromatic nitrogens is 2. The largest absolute Gasteiger partial charge is 0.494 e. The second kappa shape index (κ2) is 7.43. The molecule has 1 fully saturated rings. The summed E-state index contributed by atoms with van der Waals surface area (Å²) in [5, 5.41) is 11.1. The fourth-order valence-electron chi connectivity index (χ4n) is 4.02. The average molecular weight is 382 g/mol. The van der Waals surface area contributed by atoms with Crippen molar-refractivity contribution >= 4 is 28.5 Å². The van der Waals surface area contributed by atoms with Crippen molar-refractivity contribution in [1.29, 1.82) is 0 Å². The second-order valence-corrected chi connectivity index (χ2v) is 7.39. The van der Waals surface area contributed by atoms with Crippen molar-refractivity contribution < 1.29 is 5.11 Å². The maximum absolute atomic E-state index is 10.2. The highest BCUT2D eigenvalue weighted by atomic mass is 16.3. The molecule has 144 valence electrons. The Kier molecular flexibility index (Phi) is 4.48. The second-order valence-electron chi connectivity index (χ2n) is 7.39. The topological polar surface area (TPSA) is 64.5 Å². The number of aromatic hydroxyl groups is 1. The predicted octanol–water partition coefficient (Wildman–Crippen LogP) is 5.01. The van der Waals surface area contributed by atoms with Crippen LogP contribution in [0.2, 0.25) is 0 Å². The number of fused-ring (bicyclic) bond motifs is 1. The van der Waals surface area contributed by atoms with Crippen molar-refractivity contribution in [3.05, 3.63) is 84.2 Å². The van der Waals surface area contributed by atoms with Gasteiger partial charge in [0.15, 0.2) is 5.88 Å². The quantitative estimate of drug-likeness (QED) is 0.488. The van der Waals surface area contributed by atoms with Crippen molar-refractivity contribution in [3.8, 4) is 5.88 Å². The molecule has 1 atom stereocenters. The highest BCUT2D eigenvalue weighted by molar-refractivity contribution is 6.02. The number of pyridine rings is 1. The summed E-state index contributed by atoms with van der Waals surface area (Å²) in [6, 6.07) is 22.2. The maximum atomic E-state index is 10.2. The van der Waals surface area contributed by atoms with E-state index < -0.39 is 0 Å². The summed E-state index contributed by atoms with van der Waals surface area (Å²) < 4.78 is 0. The van der Waals surface area contributed by atoms with E-state index in [9.17, 15) is 5.11 Å². The van der Waals surface area contributed by atoms with Gasteiger partial charge in [-0.25, -0.2) is 0 Å². The SMILES string of the molecule is Oc1[nH]c2ccccc2c1C=Nc1ccc(N2CCC(c3ccccn3)C2)cc1. The molecule has 2 aromatic heterocycles. The fraction of sp³-hybridized carbons (Fsp3) is 0.167. The summed E-state index contributed by atoms with van der Waals surface area (Å²) in [5.74, 6) is 0.628. The molecule has 3 heterocycles. The van der Waals surface area contributed by atoms with Crippen LogP contribution in [0, 0.1) is 0 Å². The number of hydrogen-bond donors (Lipinski definition) is 2. The van der Waals surface area contributed by atoms with E-state index in [2.05, 4.69) is 44.1 Å². The molecule has 5 heteroatoms. The highest BCUT2D eigenvalue weighted by Gasteiger charge is 2.24. The van der Waals surface area contributed by atoms with E-state index >= 15 is 0 Å². The van der Waals surface area contributed by atoms with Gasteiger partial charge >= 0.3 is 0 Å². The third kappa shape index (κ3) is 3.47. The Morgan fingerprint density at radius 3 is 2.69 bits per heavy atom. The Balaban J connectivity index is 1.31. The van der Waals surface area contributed by atoms with Gasteiger partial charge < -0.3 is 15.0 Å². The van der Waals surface area contributed by atoms with Crippen LogP contribution < -0.4 is 4.90 Å². The third-order valence-corrected chi connectivity index (χ3v) is 5.58. The van der Waals surface area contributed by atoms with Gasteiger partial charge in [-0.15, -0.1) is 0 Å². The molecule has 0 bridgehead atoms. The van der Waals surface area contributed by atoms with Crippen LogP contribution in [0.25, 0.3) is 10.9 Å². The van der Waals surface area contributed by atoms with E-state index in [4.69, 9.17) is 0 Å². The number of H-pyrrole nitrogens is 1. The molecular weight excluding hydrogens is 360 g/mol. The van der Waals surface area contributed by atoms with Crippen LogP contribution in [-0.2, 0) is 0 Å². The van der Waals surface area contributed by atoms with Gasteiger partial charge in [0.1, 0.15) is 0 Å². The molecule has 0 saturated carbocycles. The Bertz CT molecular complexity index is 1150. The first-order chi connectivity index (χ1) is 14.3. The van der Waals surface area contributed by atoms with E-state index in [1.165, 1.54) is 11.4 Å². The zero-order valence-corrected chi connectivity index (χ0v) is 16.0. The monoisotopic (exact) mass is 382 g/mol. The molecule has 2 N–H and O–H groups in total. The van der Waals surface area contributed by atoms with Gasteiger partial charge in [-0.1, -0.05) is 24.3 Å². The molecule has 5 nitrogen and oxygen atoms in total. The number of hydrogen-bond acceptors (Lipinski definition) is 4. The molecule has 1 aliphatic rings. The minimum absolute atomic E-state index is 0.143. The first kappa shape index (κ1) is 17.5. The van der Waals surface area contributed by atoms with E-state index in [-0.39, 0.29) is 5.88 Å². The number of aliphatic imine (C=N–C) groups is 1. The Morgan fingerprint density at radius 1 is 1.03 bits per heavy atom. The van der Waals surface area contributed by atoms with Crippen LogP contribution in [0.3, 0.4) is 0 Å². The number of aromatic amines is 1. The zero-order chi connectivity index (χ0) is 19.6. The van der Waals surface area contributed by atoms with E-state index in [1.54, 1.807) is 6.21 Å². The third-order valence-electron chi connectivity index (χ3n) is 5.58. The Hall–Kier alpha value is -3.60. The standard InChI is InChI=1S/C24H22N4O/c29-24-21(20-5-1-2-7-23(20)27-24)15-26-18-8-10-19(11-9-18)28-14-12-17(16-28)22-6-3-4-13-25-22/h1-11,13,15,17,27,29H,12,14,16H2. The van der Waals surface area contributed by atoms with E-state index in [0.29, 0.717) is 11.5 Å². The number of anilines is 1. The van der Waals surface area contributed by atoms with Crippen LogP contribution in [0.15, 0.2) is 77.9 Å². The highest BCUT2D eigenvalue weighted by Crippen LogP contribution is 2.31. The summed E-state index contributed by atoms with van der Waals surface area (Å²) in [6.45, 7) is 2.02. The summed E-state index contributed by atoms with van der Waals surface area (Å²) in [5.41, 5.74) is 4.85. The van der Waals surface area contributed by atoms with Crippen LogP contribution in [0.4, 0.5) is 11.4 Å². The maximum Gasteiger partial charge on any atom is 0.198 e. The van der Waals surface area contributed by atoms with Crippen molar-refractivity contribution in [1.82, 2.24) is 9.97 Å². The molecule has 1 unspecified atom stereocenters. The normalized spacial score (nSPS) is 16.8. The lowest BCUT2D eigenvalue weighted by Crippen LogP contribution is -2.19. The zero-order valence-electron chi connectivity index (χ0n) is 16.0. The molecule has 2 aromatic carbocycles. The molecule has 1 aliphatic heterocycles. The molecule has 29 heavy (non-hydrogen) atoms. The van der Waals surface area contributed by atoms with Crippen molar-refractivity contribution in [3.63, 3.8) is 0 Å². The van der Waals surface area contributed by atoms with Gasteiger partial charge in [0, 0.05) is 53.7 Å². The molecule has 0 amide bonds. The number of rotatable bonds is 4.